The molecule has 2 atom stereocenters. The first-order valence-corrected chi connectivity index (χ1v) is 3.31. The summed E-state index contributed by atoms with van der Waals surface area (Å²) >= 11 is 0. The van der Waals surface area contributed by atoms with Crippen molar-refractivity contribution in [3.63, 3.8) is 0 Å². The standard InChI is InChI=1S/C8H8O2/c1-10-7-4-5-2-3-6(5)8(7)9/h2-6H,1H3. The third-order valence-corrected chi connectivity index (χ3v) is 2.06. The lowest BCUT2D eigenvalue weighted by atomic mass is 9.85. The predicted molar refractivity (Wildman–Crippen MR) is 36.2 cm³/mol. The quantitative estimate of drug-likeness (QED) is 0.500. The van der Waals surface area contributed by atoms with Gasteiger partial charge < -0.3 is 4.74 Å². The zero-order valence-electron chi connectivity index (χ0n) is 5.70. The molecule has 0 aromatic carbocycles. The maximum atomic E-state index is 11.2. The van der Waals surface area contributed by atoms with Crippen molar-refractivity contribution in [2.24, 2.45) is 11.8 Å². The molecule has 0 saturated carbocycles. The van der Waals surface area contributed by atoms with Crippen LogP contribution in [0, 0.1) is 11.8 Å². The Morgan fingerprint density at radius 1 is 1.50 bits per heavy atom. The molecule has 0 spiro atoms. The van der Waals surface area contributed by atoms with E-state index in [9.17, 15) is 4.79 Å². The second-order valence-corrected chi connectivity index (χ2v) is 2.59. The first-order valence-electron chi connectivity index (χ1n) is 3.31. The SMILES string of the molecule is COC1=CC2C=CC2C1=O. The van der Waals surface area contributed by atoms with Crippen molar-refractivity contribution in [2.75, 3.05) is 7.11 Å². The third-order valence-electron chi connectivity index (χ3n) is 2.06. The van der Waals surface area contributed by atoms with Crippen LogP contribution in [0.25, 0.3) is 0 Å². The van der Waals surface area contributed by atoms with Crippen LogP contribution >= 0.6 is 0 Å². The van der Waals surface area contributed by atoms with Gasteiger partial charge in [-0.1, -0.05) is 12.2 Å². The van der Waals surface area contributed by atoms with E-state index in [1.54, 1.807) is 0 Å². The van der Waals surface area contributed by atoms with Gasteiger partial charge in [0.25, 0.3) is 0 Å². The van der Waals surface area contributed by atoms with Gasteiger partial charge in [-0.05, 0) is 6.08 Å². The smallest absolute Gasteiger partial charge is 0.204 e. The summed E-state index contributed by atoms with van der Waals surface area (Å²) in [5, 5.41) is 0. The van der Waals surface area contributed by atoms with Crippen LogP contribution in [0.4, 0.5) is 0 Å². The minimum absolute atomic E-state index is 0.106. The van der Waals surface area contributed by atoms with Gasteiger partial charge in [-0.15, -0.1) is 0 Å². The van der Waals surface area contributed by atoms with Crippen molar-refractivity contribution in [1.29, 1.82) is 0 Å². The van der Waals surface area contributed by atoms with Crippen molar-refractivity contribution >= 4 is 5.78 Å². The van der Waals surface area contributed by atoms with E-state index in [2.05, 4.69) is 0 Å². The van der Waals surface area contributed by atoms with E-state index in [1.165, 1.54) is 7.11 Å². The van der Waals surface area contributed by atoms with E-state index < -0.39 is 0 Å². The van der Waals surface area contributed by atoms with E-state index in [1.807, 2.05) is 18.2 Å². The molecule has 0 saturated heterocycles. The summed E-state index contributed by atoms with van der Waals surface area (Å²) in [4.78, 5) is 11.2. The summed E-state index contributed by atoms with van der Waals surface area (Å²) < 4.78 is 4.88. The fraction of sp³-hybridized carbons (Fsp3) is 0.375. The first-order chi connectivity index (χ1) is 4.83. The lowest BCUT2D eigenvalue weighted by Crippen LogP contribution is -2.19. The maximum Gasteiger partial charge on any atom is 0.204 e. The fourth-order valence-corrected chi connectivity index (χ4v) is 1.36. The van der Waals surface area contributed by atoms with Crippen molar-refractivity contribution in [3.05, 3.63) is 24.0 Å². The highest BCUT2D eigenvalue weighted by Gasteiger charge is 2.38. The van der Waals surface area contributed by atoms with Gasteiger partial charge in [0.2, 0.25) is 5.78 Å². The first kappa shape index (κ1) is 5.71. The largest absolute Gasteiger partial charge is 0.493 e. The Balaban J connectivity index is 2.28. The van der Waals surface area contributed by atoms with E-state index in [4.69, 9.17) is 4.74 Å². The molecule has 2 aliphatic rings. The number of hydrogen-bond acceptors (Lipinski definition) is 2. The number of ketones is 1. The monoisotopic (exact) mass is 136 g/mol. The molecule has 0 radical (unpaired) electrons. The van der Waals surface area contributed by atoms with Gasteiger partial charge in [-0.2, -0.15) is 0 Å². The molecule has 0 aromatic heterocycles. The zero-order chi connectivity index (χ0) is 7.14. The second kappa shape index (κ2) is 1.72. The Morgan fingerprint density at radius 3 is 2.60 bits per heavy atom. The summed E-state index contributed by atoms with van der Waals surface area (Å²) in [6.45, 7) is 0. The molecular weight excluding hydrogens is 128 g/mol. The number of methoxy groups -OCH3 is 1. The van der Waals surface area contributed by atoms with Crippen LogP contribution in [0.1, 0.15) is 0 Å². The van der Waals surface area contributed by atoms with Gasteiger partial charge >= 0.3 is 0 Å². The number of carbonyl (C=O) groups excluding carboxylic acids is 1. The number of carbonyl (C=O) groups is 1. The number of Topliss-reactive ketones (excluding diaryl/α,β-unsaturated/α-hetero) is 1. The topological polar surface area (TPSA) is 26.3 Å². The van der Waals surface area contributed by atoms with Crippen molar-refractivity contribution in [2.45, 2.75) is 0 Å². The molecule has 0 fully saturated rings. The van der Waals surface area contributed by atoms with E-state index in [0.29, 0.717) is 11.7 Å². The van der Waals surface area contributed by atoms with Gasteiger partial charge in [0.1, 0.15) is 0 Å². The van der Waals surface area contributed by atoms with Crippen molar-refractivity contribution in [1.82, 2.24) is 0 Å². The Bertz CT molecular complexity index is 238. The van der Waals surface area contributed by atoms with E-state index >= 15 is 0 Å². The minimum Gasteiger partial charge on any atom is -0.493 e. The van der Waals surface area contributed by atoms with Crippen LogP contribution in [-0.4, -0.2) is 12.9 Å². The molecule has 0 amide bonds. The highest BCUT2D eigenvalue weighted by molar-refractivity contribution is 6.00. The molecule has 0 heterocycles. The highest BCUT2D eigenvalue weighted by atomic mass is 16.5. The van der Waals surface area contributed by atoms with E-state index in [-0.39, 0.29) is 11.7 Å². The minimum atomic E-state index is 0.106. The second-order valence-electron chi connectivity index (χ2n) is 2.59. The molecule has 2 unspecified atom stereocenters. The molecule has 2 rings (SSSR count). The molecule has 2 aliphatic carbocycles. The van der Waals surface area contributed by atoms with Crippen LogP contribution in [0.3, 0.4) is 0 Å². The number of ether oxygens (including phenoxy) is 1. The zero-order valence-corrected chi connectivity index (χ0v) is 5.70. The third kappa shape index (κ3) is 0.511. The van der Waals surface area contributed by atoms with Crippen molar-refractivity contribution < 1.29 is 9.53 Å². The lowest BCUT2D eigenvalue weighted by Gasteiger charge is -2.17. The van der Waals surface area contributed by atoms with Crippen LogP contribution in [0.15, 0.2) is 24.0 Å². The molecule has 2 heteroatoms. The number of fused-ring (bicyclic) bond motifs is 1. The molecule has 2 nitrogen and oxygen atoms in total. The molecule has 0 aromatic rings. The fourth-order valence-electron chi connectivity index (χ4n) is 1.36. The summed E-state index contributed by atoms with van der Waals surface area (Å²) in [6.07, 6.45) is 5.83. The average molecular weight is 136 g/mol. The normalized spacial score (nSPS) is 34.9. The van der Waals surface area contributed by atoms with E-state index in [0.717, 1.165) is 0 Å². The van der Waals surface area contributed by atoms with Crippen LogP contribution < -0.4 is 0 Å². The maximum absolute atomic E-state index is 11.2. The van der Waals surface area contributed by atoms with Crippen molar-refractivity contribution in [3.8, 4) is 0 Å². The summed E-state index contributed by atoms with van der Waals surface area (Å²) in [7, 11) is 1.54. The molecule has 52 valence electrons. The Morgan fingerprint density at radius 2 is 2.30 bits per heavy atom. The number of hydrogen-bond donors (Lipinski definition) is 0. The van der Waals surface area contributed by atoms with Gasteiger partial charge in [0.15, 0.2) is 5.76 Å². The van der Waals surface area contributed by atoms with Crippen LogP contribution in [0.2, 0.25) is 0 Å². The lowest BCUT2D eigenvalue weighted by molar-refractivity contribution is -0.120. The Kier molecular flexibility index (Phi) is 0.982. The predicted octanol–water partition coefficient (Wildman–Crippen LogP) is 0.902. The molecule has 0 aliphatic heterocycles. The van der Waals surface area contributed by atoms with Gasteiger partial charge in [0.05, 0.1) is 13.0 Å². The number of rotatable bonds is 1. The molecular formula is C8H8O2. The Labute approximate surface area is 59.2 Å². The highest BCUT2D eigenvalue weighted by Crippen LogP contribution is 2.36. The van der Waals surface area contributed by atoms with Gasteiger partial charge in [0, 0.05) is 5.92 Å². The summed E-state index contributed by atoms with van der Waals surface area (Å²) in [5.41, 5.74) is 0. The van der Waals surface area contributed by atoms with Crippen LogP contribution in [0.5, 0.6) is 0 Å². The van der Waals surface area contributed by atoms with Gasteiger partial charge in [-0.25, -0.2) is 0 Å². The summed E-state index contributed by atoms with van der Waals surface area (Å²) in [5.74, 6) is 1.10. The van der Waals surface area contributed by atoms with Gasteiger partial charge in [-0.3, -0.25) is 4.79 Å². The molecule has 0 N–H and O–H groups in total. The summed E-state index contributed by atoms with van der Waals surface area (Å²) in [6, 6.07) is 0. The molecule has 10 heavy (non-hydrogen) atoms. The number of allylic oxidation sites excluding steroid dienone is 4. The van der Waals surface area contributed by atoms with Crippen LogP contribution in [-0.2, 0) is 9.53 Å². The Hall–Kier alpha value is -1.05. The molecule has 0 bridgehead atoms. The average Bonchev–Trinajstić information content (AvgIpc) is 2.05.